The van der Waals surface area contributed by atoms with Gasteiger partial charge in [0.05, 0.1) is 23.7 Å². The summed E-state index contributed by atoms with van der Waals surface area (Å²) in [5, 5.41) is 17.6. The summed E-state index contributed by atoms with van der Waals surface area (Å²) in [5.74, 6) is -4.24. The zero-order valence-electron chi connectivity index (χ0n) is 16.5. The molecule has 7 heteroatoms. The van der Waals surface area contributed by atoms with Crippen LogP contribution in [0.15, 0.2) is 48.0 Å². The second kappa shape index (κ2) is 6.26. The number of amides is 4. The largest absolute Gasteiger partial charge is 0.507 e. The van der Waals surface area contributed by atoms with Gasteiger partial charge in [0, 0.05) is 16.9 Å². The molecular weight excluding hydrogens is 396 g/mol. The Kier molecular flexibility index (Phi) is 3.70. The molecule has 0 aromatic heterocycles. The van der Waals surface area contributed by atoms with E-state index in [2.05, 4.69) is 10.6 Å². The Morgan fingerprint density at radius 3 is 2.29 bits per heavy atom. The molecule has 0 bridgehead atoms. The number of hydrogen-bond acceptors (Lipinski definition) is 5. The third-order valence-corrected chi connectivity index (χ3v) is 7.60. The Bertz CT molecular complexity index is 1230. The van der Waals surface area contributed by atoms with Gasteiger partial charge in [0.1, 0.15) is 5.75 Å². The topological polar surface area (TPSA) is 113 Å². The summed E-state index contributed by atoms with van der Waals surface area (Å²) in [5.41, 5.74) is 1.46. The molecule has 0 spiro atoms. The van der Waals surface area contributed by atoms with Crippen molar-refractivity contribution in [3.8, 4) is 5.75 Å². The van der Waals surface area contributed by atoms with Crippen LogP contribution in [0.1, 0.15) is 24.3 Å². The zero-order chi connectivity index (χ0) is 21.4. The van der Waals surface area contributed by atoms with Gasteiger partial charge in [-0.2, -0.15) is 0 Å². The molecule has 0 radical (unpaired) electrons. The third kappa shape index (κ3) is 2.40. The Labute approximate surface area is 177 Å². The number of hydrogen-bond donors (Lipinski definition) is 3. The fraction of sp³-hybridized carbons (Fsp3) is 0.333. The van der Waals surface area contributed by atoms with Crippen molar-refractivity contribution in [2.75, 3.05) is 0 Å². The van der Waals surface area contributed by atoms with Crippen LogP contribution in [-0.4, -0.2) is 28.7 Å². The lowest BCUT2D eigenvalue weighted by Crippen LogP contribution is -2.42. The Balaban J connectivity index is 1.55. The lowest BCUT2D eigenvalue weighted by molar-refractivity contribution is -0.128. The summed E-state index contributed by atoms with van der Waals surface area (Å²) in [4.78, 5) is 50.3. The van der Waals surface area contributed by atoms with Crippen LogP contribution >= 0.6 is 0 Å². The third-order valence-electron chi connectivity index (χ3n) is 7.60. The first-order chi connectivity index (χ1) is 15.0. The Morgan fingerprint density at radius 2 is 1.48 bits per heavy atom. The average Bonchev–Trinajstić information content (AvgIpc) is 3.22. The molecule has 0 unspecified atom stereocenters. The quantitative estimate of drug-likeness (QED) is 0.484. The number of aromatic hydroxyl groups is 1. The number of phenols is 1. The predicted octanol–water partition coefficient (Wildman–Crippen LogP) is 1.76. The van der Waals surface area contributed by atoms with Crippen LogP contribution in [-0.2, 0) is 19.2 Å². The molecule has 156 valence electrons. The highest BCUT2D eigenvalue weighted by Crippen LogP contribution is 2.57. The number of allylic oxidation sites excluding steroid dienone is 2. The molecule has 2 aromatic rings. The molecule has 6 rings (SSSR count). The van der Waals surface area contributed by atoms with Gasteiger partial charge < -0.3 is 5.11 Å². The molecule has 2 saturated heterocycles. The van der Waals surface area contributed by atoms with E-state index in [0.717, 1.165) is 11.0 Å². The van der Waals surface area contributed by atoms with Crippen LogP contribution in [0.4, 0.5) is 0 Å². The van der Waals surface area contributed by atoms with Gasteiger partial charge in [-0.15, -0.1) is 0 Å². The lowest BCUT2D eigenvalue weighted by Gasteiger charge is -2.44. The van der Waals surface area contributed by atoms with Gasteiger partial charge in [0.15, 0.2) is 0 Å². The zero-order valence-corrected chi connectivity index (χ0v) is 16.5. The number of carbonyl (C=O) groups is 4. The fourth-order valence-corrected chi connectivity index (χ4v) is 6.28. The van der Waals surface area contributed by atoms with E-state index in [1.165, 1.54) is 0 Å². The minimum absolute atomic E-state index is 0.0876. The maximum Gasteiger partial charge on any atom is 0.231 e. The molecule has 2 aromatic carbocycles. The molecule has 6 atom stereocenters. The van der Waals surface area contributed by atoms with Crippen LogP contribution in [0.5, 0.6) is 5.75 Å². The van der Waals surface area contributed by atoms with E-state index in [1.54, 1.807) is 0 Å². The molecule has 4 amide bonds. The average molecular weight is 416 g/mol. The van der Waals surface area contributed by atoms with Crippen LogP contribution < -0.4 is 10.6 Å². The monoisotopic (exact) mass is 416 g/mol. The van der Waals surface area contributed by atoms with Crippen molar-refractivity contribution < 1.29 is 24.3 Å². The number of nitrogens with one attached hydrogen (secondary N) is 2. The second-order valence-electron chi connectivity index (χ2n) is 8.96. The highest BCUT2D eigenvalue weighted by molar-refractivity contribution is 6.08. The number of carbonyl (C=O) groups excluding carboxylic acids is 4. The van der Waals surface area contributed by atoms with E-state index in [4.69, 9.17) is 0 Å². The Morgan fingerprint density at radius 1 is 0.774 bits per heavy atom. The number of phenolic OH excluding ortho intramolecular Hbond substituents is 1. The number of benzene rings is 2. The van der Waals surface area contributed by atoms with Crippen molar-refractivity contribution in [1.29, 1.82) is 0 Å². The number of fused-ring (bicyclic) bond motifs is 5. The van der Waals surface area contributed by atoms with E-state index in [0.29, 0.717) is 23.8 Å². The van der Waals surface area contributed by atoms with Gasteiger partial charge in [-0.3, -0.25) is 29.8 Å². The summed E-state index contributed by atoms with van der Waals surface area (Å²) >= 11 is 0. The van der Waals surface area contributed by atoms with Gasteiger partial charge in [-0.25, -0.2) is 0 Å². The van der Waals surface area contributed by atoms with Crippen molar-refractivity contribution >= 4 is 34.4 Å². The number of imide groups is 2. The highest BCUT2D eigenvalue weighted by atomic mass is 16.3. The standard InChI is InChI=1S/C24H20N2O5/c27-20-11-4-2-1-3-10(11)5-6-13(20)17-12-7-8-14-18(23(30)25-21(14)28)15(12)9-16-19(17)24(31)26-22(16)29/h1-7,14-19,27H,8-9H2,(H,25,28,30)(H,26,29,31)/t14-,15+,16+,17+,18-,19+/m0/s1. The smallest absolute Gasteiger partial charge is 0.231 e. The molecule has 2 heterocycles. The van der Waals surface area contributed by atoms with E-state index < -0.39 is 29.6 Å². The molecule has 31 heavy (non-hydrogen) atoms. The van der Waals surface area contributed by atoms with Crippen LogP contribution in [0.2, 0.25) is 0 Å². The van der Waals surface area contributed by atoms with Crippen molar-refractivity contribution in [2.45, 2.75) is 18.8 Å². The van der Waals surface area contributed by atoms with Gasteiger partial charge in [0.25, 0.3) is 0 Å². The fourth-order valence-electron chi connectivity index (χ4n) is 6.28. The summed E-state index contributed by atoms with van der Waals surface area (Å²) < 4.78 is 0. The molecule has 2 aliphatic carbocycles. The molecule has 3 N–H and O–H groups in total. The molecule has 1 saturated carbocycles. The normalized spacial score (nSPS) is 34.0. The van der Waals surface area contributed by atoms with Crippen LogP contribution in [0.3, 0.4) is 0 Å². The minimum Gasteiger partial charge on any atom is -0.507 e. The highest BCUT2D eigenvalue weighted by Gasteiger charge is 2.59. The number of rotatable bonds is 1. The van der Waals surface area contributed by atoms with Crippen molar-refractivity contribution in [1.82, 2.24) is 10.6 Å². The second-order valence-corrected chi connectivity index (χ2v) is 8.96. The summed E-state index contributed by atoms with van der Waals surface area (Å²) in [6, 6.07) is 11.1. The molecular formula is C24H20N2O5. The molecule has 4 aliphatic rings. The molecule has 7 nitrogen and oxygen atoms in total. The molecule has 3 fully saturated rings. The van der Waals surface area contributed by atoms with Crippen molar-refractivity contribution in [3.63, 3.8) is 0 Å². The first kappa shape index (κ1) is 18.3. The van der Waals surface area contributed by atoms with Crippen molar-refractivity contribution in [2.24, 2.45) is 29.6 Å². The Hall–Kier alpha value is -3.48. The van der Waals surface area contributed by atoms with Crippen LogP contribution in [0, 0.1) is 29.6 Å². The first-order valence-electron chi connectivity index (χ1n) is 10.6. The maximum atomic E-state index is 12.8. The lowest BCUT2D eigenvalue weighted by atomic mass is 9.57. The van der Waals surface area contributed by atoms with Gasteiger partial charge >= 0.3 is 0 Å². The van der Waals surface area contributed by atoms with E-state index in [9.17, 15) is 24.3 Å². The molecule has 2 aliphatic heterocycles. The van der Waals surface area contributed by atoms with E-state index in [1.807, 2.05) is 42.5 Å². The predicted molar refractivity (Wildman–Crippen MR) is 109 cm³/mol. The SMILES string of the molecule is O=C1NC(=O)[C@H]2CC=C3[C@@H](C[C@H]4C(=O)NC(=O)[C@H]4[C@H]3c3ccc4ccccc4c3O)[C@@H]12. The first-order valence-corrected chi connectivity index (χ1v) is 10.6. The summed E-state index contributed by atoms with van der Waals surface area (Å²) in [6.07, 6.45) is 2.71. The van der Waals surface area contributed by atoms with Gasteiger partial charge in [-0.05, 0) is 24.1 Å². The summed E-state index contributed by atoms with van der Waals surface area (Å²) in [6.45, 7) is 0. The maximum absolute atomic E-state index is 12.8. The van der Waals surface area contributed by atoms with Gasteiger partial charge in [0.2, 0.25) is 23.6 Å². The summed E-state index contributed by atoms with van der Waals surface area (Å²) in [7, 11) is 0. The van der Waals surface area contributed by atoms with Gasteiger partial charge in [-0.1, -0.05) is 48.0 Å². The minimum atomic E-state index is -0.640. The van der Waals surface area contributed by atoms with E-state index in [-0.39, 0.29) is 35.3 Å². The van der Waals surface area contributed by atoms with Crippen molar-refractivity contribution in [3.05, 3.63) is 53.6 Å². The van der Waals surface area contributed by atoms with E-state index >= 15 is 0 Å². The van der Waals surface area contributed by atoms with Crippen LogP contribution in [0.25, 0.3) is 10.8 Å².